The number of hydrogen-bond donors (Lipinski definition) is 2. The van der Waals surface area contributed by atoms with Gasteiger partial charge in [0, 0.05) is 20.1 Å². The summed E-state index contributed by atoms with van der Waals surface area (Å²) in [6.07, 6.45) is 0. The van der Waals surface area contributed by atoms with Crippen molar-refractivity contribution in [1.82, 2.24) is 9.62 Å². The Morgan fingerprint density at radius 1 is 1.53 bits per heavy atom. The van der Waals surface area contributed by atoms with Gasteiger partial charge in [-0.1, -0.05) is 0 Å². The molecule has 1 aromatic rings. The predicted octanol–water partition coefficient (Wildman–Crippen LogP) is 0.286. The Hall–Kier alpha value is -0.960. The van der Waals surface area contributed by atoms with Gasteiger partial charge in [0.1, 0.15) is 9.09 Å². The minimum atomic E-state index is -3.58. The first-order valence-electron chi connectivity index (χ1n) is 4.83. The molecule has 0 spiro atoms. The fourth-order valence-corrected chi connectivity index (χ4v) is 3.64. The Balaban J connectivity index is 2.92. The molecular weight excluding hydrogens is 264 g/mol. The Morgan fingerprint density at radius 2 is 2.18 bits per heavy atom. The highest BCUT2D eigenvalue weighted by Crippen LogP contribution is 2.23. The van der Waals surface area contributed by atoms with Crippen molar-refractivity contribution in [3.63, 3.8) is 0 Å². The maximum Gasteiger partial charge on any atom is 0.345 e. The van der Waals surface area contributed by atoms with E-state index in [0.29, 0.717) is 13.1 Å². The molecule has 8 heteroatoms. The molecule has 1 aromatic heterocycles. The van der Waals surface area contributed by atoms with Crippen LogP contribution in [0.5, 0.6) is 0 Å². The predicted molar refractivity (Wildman–Crippen MR) is 65.0 cm³/mol. The molecule has 1 heterocycles. The monoisotopic (exact) mass is 278 g/mol. The normalized spacial score (nSPS) is 11.9. The first kappa shape index (κ1) is 14.1. The second-order valence-electron chi connectivity index (χ2n) is 3.35. The van der Waals surface area contributed by atoms with Gasteiger partial charge in [0.05, 0.1) is 0 Å². The van der Waals surface area contributed by atoms with Gasteiger partial charge in [-0.2, -0.15) is 4.31 Å². The zero-order valence-corrected chi connectivity index (χ0v) is 11.1. The van der Waals surface area contributed by atoms with E-state index in [9.17, 15) is 13.2 Å². The molecule has 0 saturated carbocycles. The van der Waals surface area contributed by atoms with Crippen molar-refractivity contribution in [3.8, 4) is 0 Å². The summed E-state index contributed by atoms with van der Waals surface area (Å²) >= 11 is 0.760. The first-order valence-corrected chi connectivity index (χ1v) is 7.09. The van der Waals surface area contributed by atoms with E-state index < -0.39 is 16.0 Å². The van der Waals surface area contributed by atoms with Crippen molar-refractivity contribution in [2.75, 3.05) is 27.2 Å². The molecule has 96 valence electrons. The van der Waals surface area contributed by atoms with E-state index in [-0.39, 0.29) is 9.09 Å². The Labute approximate surface area is 104 Å². The summed E-state index contributed by atoms with van der Waals surface area (Å²) in [7, 11) is -0.380. The van der Waals surface area contributed by atoms with Crippen LogP contribution in [0.25, 0.3) is 0 Å². The van der Waals surface area contributed by atoms with Crippen LogP contribution in [0.1, 0.15) is 9.67 Å². The number of carbonyl (C=O) groups is 1. The third kappa shape index (κ3) is 3.25. The fourth-order valence-electron chi connectivity index (χ4n) is 1.12. The van der Waals surface area contributed by atoms with E-state index in [1.807, 2.05) is 0 Å². The highest BCUT2D eigenvalue weighted by Gasteiger charge is 2.23. The summed E-state index contributed by atoms with van der Waals surface area (Å²) in [6.45, 7) is 0.867. The van der Waals surface area contributed by atoms with Crippen molar-refractivity contribution < 1.29 is 18.3 Å². The maximum absolute atomic E-state index is 12.0. The summed E-state index contributed by atoms with van der Waals surface area (Å²) in [5.41, 5.74) is 0. The molecule has 0 saturated heterocycles. The highest BCUT2D eigenvalue weighted by atomic mass is 32.2. The van der Waals surface area contributed by atoms with Crippen LogP contribution in [-0.2, 0) is 10.0 Å². The molecule has 17 heavy (non-hydrogen) atoms. The smallest absolute Gasteiger partial charge is 0.345 e. The van der Waals surface area contributed by atoms with Crippen molar-refractivity contribution in [3.05, 3.63) is 17.0 Å². The number of nitrogens with one attached hydrogen (secondary N) is 1. The van der Waals surface area contributed by atoms with Crippen LogP contribution in [0.4, 0.5) is 0 Å². The van der Waals surface area contributed by atoms with Gasteiger partial charge in [0.15, 0.2) is 0 Å². The van der Waals surface area contributed by atoms with Crippen LogP contribution >= 0.6 is 11.3 Å². The van der Waals surface area contributed by atoms with Crippen molar-refractivity contribution in [2.24, 2.45) is 0 Å². The minimum Gasteiger partial charge on any atom is -0.477 e. The molecule has 0 amide bonds. The molecule has 1 rings (SSSR count). The quantitative estimate of drug-likeness (QED) is 0.781. The molecule has 0 unspecified atom stereocenters. The van der Waals surface area contributed by atoms with E-state index in [2.05, 4.69) is 5.32 Å². The molecule has 0 bridgehead atoms. The Bertz CT molecular complexity index is 495. The number of thiophene rings is 1. The highest BCUT2D eigenvalue weighted by molar-refractivity contribution is 7.91. The van der Waals surface area contributed by atoms with Gasteiger partial charge in [-0.3, -0.25) is 0 Å². The van der Waals surface area contributed by atoms with E-state index in [0.717, 1.165) is 11.3 Å². The van der Waals surface area contributed by atoms with Crippen molar-refractivity contribution in [1.29, 1.82) is 0 Å². The third-order valence-corrected chi connectivity index (χ3v) is 5.53. The van der Waals surface area contributed by atoms with Gasteiger partial charge in [-0.25, -0.2) is 13.2 Å². The topological polar surface area (TPSA) is 86.7 Å². The van der Waals surface area contributed by atoms with E-state index in [4.69, 9.17) is 5.11 Å². The lowest BCUT2D eigenvalue weighted by Gasteiger charge is -2.15. The van der Waals surface area contributed by atoms with Crippen LogP contribution in [0, 0.1) is 0 Å². The number of sulfonamides is 1. The van der Waals surface area contributed by atoms with E-state index in [1.165, 1.54) is 23.5 Å². The van der Waals surface area contributed by atoms with E-state index in [1.54, 1.807) is 7.05 Å². The second kappa shape index (κ2) is 5.58. The Kier molecular flexibility index (Phi) is 4.63. The number of carboxylic acids is 1. The zero-order valence-electron chi connectivity index (χ0n) is 9.50. The maximum atomic E-state index is 12.0. The number of likely N-dealkylation sites (N-methyl/N-ethyl adjacent to an activating group) is 2. The van der Waals surface area contributed by atoms with Gasteiger partial charge in [0.2, 0.25) is 0 Å². The summed E-state index contributed by atoms with van der Waals surface area (Å²) < 4.78 is 25.2. The van der Waals surface area contributed by atoms with Crippen molar-refractivity contribution in [2.45, 2.75) is 4.21 Å². The average Bonchev–Trinajstić information content (AvgIpc) is 2.75. The van der Waals surface area contributed by atoms with Gasteiger partial charge in [-0.15, -0.1) is 11.3 Å². The van der Waals surface area contributed by atoms with E-state index >= 15 is 0 Å². The molecule has 0 aliphatic heterocycles. The molecule has 0 aliphatic rings. The average molecular weight is 278 g/mol. The number of hydrogen-bond acceptors (Lipinski definition) is 5. The van der Waals surface area contributed by atoms with Gasteiger partial charge >= 0.3 is 5.97 Å². The number of aromatic carboxylic acids is 1. The lowest BCUT2D eigenvalue weighted by molar-refractivity contribution is 0.0702. The summed E-state index contributed by atoms with van der Waals surface area (Å²) in [5.74, 6) is -1.12. The summed E-state index contributed by atoms with van der Waals surface area (Å²) in [6, 6.07) is 2.62. The van der Waals surface area contributed by atoms with Crippen LogP contribution in [0.15, 0.2) is 16.3 Å². The number of nitrogens with zero attached hydrogens (tertiary/aromatic N) is 1. The molecule has 0 radical (unpaired) electrons. The number of carboxylic acid groups (broad SMARTS) is 1. The minimum absolute atomic E-state index is 0.0191. The molecule has 0 aromatic carbocycles. The van der Waals surface area contributed by atoms with Crippen LogP contribution < -0.4 is 5.32 Å². The molecule has 0 fully saturated rings. The van der Waals surface area contributed by atoms with Gasteiger partial charge in [-0.05, 0) is 19.2 Å². The van der Waals surface area contributed by atoms with Crippen LogP contribution in [0.3, 0.4) is 0 Å². The summed E-state index contributed by atoms with van der Waals surface area (Å²) in [4.78, 5) is 10.7. The molecule has 0 aliphatic carbocycles. The largest absolute Gasteiger partial charge is 0.477 e. The first-order chi connectivity index (χ1) is 7.89. The lowest BCUT2D eigenvalue weighted by atomic mass is 10.5. The Morgan fingerprint density at radius 3 is 2.65 bits per heavy atom. The lowest BCUT2D eigenvalue weighted by Crippen LogP contribution is -2.32. The SMILES string of the molecule is CNCCN(C)S(=O)(=O)c1ccc(C(=O)O)s1. The number of rotatable bonds is 6. The fraction of sp³-hybridized carbons (Fsp3) is 0.444. The van der Waals surface area contributed by atoms with Gasteiger partial charge in [0.25, 0.3) is 10.0 Å². The summed E-state index contributed by atoms with van der Waals surface area (Å²) in [5, 5.41) is 11.6. The molecule has 2 N–H and O–H groups in total. The van der Waals surface area contributed by atoms with Crippen LogP contribution in [0.2, 0.25) is 0 Å². The standard InChI is InChI=1S/C9H14N2O4S2/c1-10-5-6-11(2)17(14,15)8-4-3-7(16-8)9(12)13/h3-4,10H,5-6H2,1-2H3,(H,12,13). The zero-order chi connectivity index (χ0) is 13.1. The van der Waals surface area contributed by atoms with Crippen molar-refractivity contribution >= 4 is 27.3 Å². The second-order valence-corrected chi connectivity index (χ2v) is 6.71. The van der Waals surface area contributed by atoms with Gasteiger partial charge < -0.3 is 10.4 Å². The van der Waals surface area contributed by atoms with Crippen LogP contribution in [-0.4, -0.2) is 51.0 Å². The molecule has 0 atom stereocenters. The third-order valence-electron chi connectivity index (χ3n) is 2.13. The molecule has 6 nitrogen and oxygen atoms in total. The molecular formula is C9H14N2O4S2.